The van der Waals surface area contributed by atoms with E-state index in [0.29, 0.717) is 12.1 Å². The van der Waals surface area contributed by atoms with Gasteiger partial charge in [-0.15, -0.1) is 0 Å². The van der Waals surface area contributed by atoms with E-state index in [1.807, 2.05) is 0 Å². The van der Waals surface area contributed by atoms with Gasteiger partial charge in [-0.2, -0.15) is 0 Å². The quantitative estimate of drug-likeness (QED) is 0.745. The zero-order valence-corrected chi connectivity index (χ0v) is 13.6. The predicted octanol–water partition coefficient (Wildman–Crippen LogP) is 2.71. The van der Waals surface area contributed by atoms with Gasteiger partial charge in [0, 0.05) is 44.9 Å². The average Bonchev–Trinajstić information content (AvgIpc) is 2.54. The van der Waals surface area contributed by atoms with Crippen molar-refractivity contribution < 1.29 is 4.74 Å². The molecule has 1 heterocycles. The van der Waals surface area contributed by atoms with E-state index in [2.05, 4.69) is 54.4 Å². The Labute approximate surface area is 129 Å². The van der Waals surface area contributed by atoms with Crippen molar-refractivity contribution in [2.24, 2.45) is 0 Å². The minimum absolute atomic E-state index is 0.608. The summed E-state index contributed by atoms with van der Waals surface area (Å²) >= 11 is 0. The molecular formula is C18H30N2O. The summed E-state index contributed by atoms with van der Waals surface area (Å²) in [6, 6.07) is 12.1. The summed E-state index contributed by atoms with van der Waals surface area (Å²) in [6.07, 6.45) is 3.48. The van der Waals surface area contributed by atoms with Gasteiger partial charge >= 0.3 is 0 Å². The smallest absolute Gasteiger partial charge is 0.0478 e. The molecule has 0 saturated carbocycles. The molecule has 1 saturated heterocycles. The summed E-state index contributed by atoms with van der Waals surface area (Å²) in [7, 11) is 0. The van der Waals surface area contributed by atoms with Gasteiger partial charge in [0.1, 0.15) is 0 Å². The molecule has 0 aromatic heterocycles. The molecule has 1 aliphatic rings. The van der Waals surface area contributed by atoms with Crippen molar-refractivity contribution in [2.75, 3.05) is 32.8 Å². The van der Waals surface area contributed by atoms with Crippen molar-refractivity contribution in [3.8, 4) is 0 Å². The van der Waals surface area contributed by atoms with E-state index in [4.69, 9.17) is 4.74 Å². The molecule has 0 amide bonds. The lowest BCUT2D eigenvalue weighted by molar-refractivity contribution is 0.0962. The van der Waals surface area contributed by atoms with Crippen LogP contribution in [0.2, 0.25) is 0 Å². The highest BCUT2D eigenvalue weighted by molar-refractivity contribution is 5.16. The molecule has 0 spiro atoms. The van der Waals surface area contributed by atoms with Crippen molar-refractivity contribution in [2.45, 2.75) is 45.2 Å². The fourth-order valence-electron chi connectivity index (χ4n) is 3.08. The van der Waals surface area contributed by atoms with Crippen molar-refractivity contribution in [1.82, 2.24) is 10.2 Å². The zero-order valence-electron chi connectivity index (χ0n) is 13.6. The summed E-state index contributed by atoms with van der Waals surface area (Å²) in [5.74, 6) is 0. The van der Waals surface area contributed by atoms with E-state index >= 15 is 0 Å². The maximum absolute atomic E-state index is 5.49. The molecule has 0 radical (unpaired) electrons. The Kier molecular flexibility index (Phi) is 7.20. The lowest BCUT2D eigenvalue weighted by atomic mass is 10.00. The summed E-state index contributed by atoms with van der Waals surface area (Å²) in [5, 5.41) is 3.70. The third-order valence-corrected chi connectivity index (χ3v) is 4.36. The van der Waals surface area contributed by atoms with Gasteiger partial charge in [0.25, 0.3) is 0 Å². The Morgan fingerprint density at radius 1 is 1.24 bits per heavy atom. The van der Waals surface area contributed by atoms with Crippen LogP contribution in [0.15, 0.2) is 30.3 Å². The van der Waals surface area contributed by atoms with E-state index in [-0.39, 0.29) is 0 Å². The number of rotatable bonds is 8. The number of piperazine rings is 1. The Bertz CT molecular complexity index is 382. The molecule has 1 aliphatic heterocycles. The molecule has 1 aromatic rings. The van der Waals surface area contributed by atoms with E-state index < -0.39 is 0 Å². The highest BCUT2D eigenvalue weighted by Crippen LogP contribution is 2.15. The van der Waals surface area contributed by atoms with Crippen LogP contribution in [0.5, 0.6) is 0 Å². The molecule has 21 heavy (non-hydrogen) atoms. The number of hydrogen-bond donors (Lipinski definition) is 1. The first-order chi connectivity index (χ1) is 10.3. The number of hydrogen-bond acceptors (Lipinski definition) is 3. The second-order valence-corrected chi connectivity index (χ2v) is 5.90. The molecule has 3 heteroatoms. The maximum atomic E-state index is 5.49. The molecule has 3 nitrogen and oxygen atoms in total. The molecule has 2 atom stereocenters. The Balaban J connectivity index is 1.89. The maximum Gasteiger partial charge on any atom is 0.0478 e. The third-order valence-electron chi connectivity index (χ3n) is 4.36. The Morgan fingerprint density at radius 3 is 2.76 bits per heavy atom. The SMILES string of the molecule is CCOCCCN1CC(CC)NCC1Cc1ccccc1. The van der Waals surface area contributed by atoms with Crippen LogP contribution < -0.4 is 5.32 Å². The second kappa shape index (κ2) is 9.19. The van der Waals surface area contributed by atoms with Gasteiger partial charge in [0.2, 0.25) is 0 Å². The number of ether oxygens (including phenoxy) is 1. The highest BCUT2D eigenvalue weighted by atomic mass is 16.5. The van der Waals surface area contributed by atoms with Gasteiger partial charge < -0.3 is 10.1 Å². The standard InChI is InChI=1S/C18H30N2O/c1-3-17-15-20(11-8-12-21-4-2)18(14-19-17)13-16-9-6-5-7-10-16/h5-7,9-10,17-19H,3-4,8,11-15H2,1-2H3. The van der Waals surface area contributed by atoms with E-state index in [1.165, 1.54) is 18.5 Å². The largest absolute Gasteiger partial charge is 0.382 e. The van der Waals surface area contributed by atoms with Gasteiger partial charge in [-0.3, -0.25) is 4.90 Å². The average molecular weight is 290 g/mol. The molecule has 2 rings (SSSR count). The first-order valence-corrected chi connectivity index (χ1v) is 8.42. The van der Waals surface area contributed by atoms with E-state index in [9.17, 15) is 0 Å². The number of benzene rings is 1. The molecule has 2 unspecified atom stereocenters. The highest BCUT2D eigenvalue weighted by Gasteiger charge is 2.26. The molecule has 0 bridgehead atoms. The Morgan fingerprint density at radius 2 is 2.05 bits per heavy atom. The molecule has 0 aliphatic carbocycles. The lowest BCUT2D eigenvalue weighted by Gasteiger charge is -2.40. The van der Waals surface area contributed by atoms with Crippen LogP contribution in [0.3, 0.4) is 0 Å². The molecule has 118 valence electrons. The normalized spacial score (nSPS) is 23.3. The minimum Gasteiger partial charge on any atom is -0.382 e. The molecule has 1 fully saturated rings. The van der Waals surface area contributed by atoms with Crippen LogP contribution in [0.25, 0.3) is 0 Å². The van der Waals surface area contributed by atoms with Crippen LogP contribution in [-0.2, 0) is 11.2 Å². The second-order valence-electron chi connectivity index (χ2n) is 5.90. The lowest BCUT2D eigenvalue weighted by Crippen LogP contribution is -2.57. The van der Waals surface area contributed by atoms with Crippen LogP contribution in [0, 0.1) is 0 Å². The van der Waals surface area contributed by atoms with Crippen LogP contribution in [0.1, 0.15) is 32.3 Å². The fourth-order valence-corrected chi connectivity index (χ4v) is 3.08. The van der Waals surface area contributed by atoms with E-state index in [0.717, 1.165) is 39.1 Å². The number of nitrogens with zero attached hydrogens (tertiary/aromatic N) is 1. The predicted molar refractivity (Wildman–Crippen MR) is 88.7 cm³/mol. The van der Waals surface area contributed by atoms with Gasteiger partial charge in [-0.05, 0) is 31.7 Å². The fraction of sp³-hybridized carbons (Fsp3) is 0.667. The first-order valence-electron chi connectivity index (χ1n) is 8.42. The van der Waals surface area contributed by atoms with Gasteiger partial charge in [-0.25, -0.2) is 0 Å². The Hall–Kier alpha value is -0.900. The van der Waals surface area contributed by atoms with Crippen molar-refractivity contribution in [3.05, 3.63) is 35.9 Å². The van der Waals surface area contributed by atoms with Gasteiger partial charge in [0.15, 0.2) is 0 Å². The van der Waals surface area contributed by atoms with Gasteiger partial charge in [0.05, 0.1) is 0 Å². The van der Waals surface area contributed by atoms with Crippen molar-refractivity contribution in [1.29, 1.82) is 0 Å². The first kappa shape index (κ1) is 16.5. The van der Waals surface area contributed by atoms with Crippen molar-refractivity contribution in [3.63, 3.8) is 0 Å². The minimum atomic E-state index is 0.608. The third kappa shape index (κ3) is 5.42. The molecule has 1 aromatic carbocycles. The van der Waals surface area contributed by atoms with Crippen molar-refractivity contribution >= 4 is 0 Å². The monoisotopic (exact) mass is 290 g/mol. The molecule has 1 N–H and O–H groups in total. The summed E-state index contributed by atoms with van der Waals surface area (Å²) < 4.78 is 5.49. The van der Waals surface area contributed by atoms with E-state index in [1.54, 1.807) is 0 Å². The van der Waals surface area contributed by atoms with Crippen LogP contribution in [0.4, 0.5) is 0 Å². The topological polar surface area (TPSA) is 24.5 Å². The van der Waals surface area contributed by atoms with Gasteiger partial charge in [-0.1, -0.05) is 37.3 Å². The summed E-state index contributed by atoms with van der Waals surface area (Å²) in [4.78, 5) is 2.66. The zero-order chi connectivity index (χ0) is 14.9. The molecular weight excluding hydrogens is 260 g/mol. The van der Waals surface area contributed by atoms with Crippen LogP contribution >= 0.6 is 0 Å². The summed E-state index contributed by atoms with van der Waals surface area (Å²) in [5.41, 5.74) is 1.44. The summed E-state index contributed by atoms with van der Waals surface area (Å²) in [6.45, 7) is 9.46. The van der Waals surface area contributed by atoms with Crippen LogP contribution in [-0.4, -0.2) is 49.8 Å². The number of nitrogens with one attached hydrogen (secondary N) is 1.